The summed E-state index contributed by atoms with van der Waals surface area (Å²) in [5.41, 5.74) is -1.27. The van der Waals surface area contributed by atoms with Gasteiger partial charge in [0.2, 0.25) is 0 Å². The zero-order chi connectivity index (χ0) is 20.0. The van der Waals surface area contributed by atoms with Crippen LogP contribution < -0.4 is 5.32 Å². The number of benzene rings is 2. The Morgan fingerprint density at radius 2 is 1.56 bits per heavy atom. The average molecular weight is 378 g/mol. The molecule has 27 heavy (non-hydrogen) atoms. The summed E-state index contributed by atoms with van der Waals surface area (Å²) in [5, 5.41) is 19.9. The Bertz CT molecular complexity index is 921. The maximum atomic E-state index is 13.2. The van der Waals surface area contributed by atoms with Gasteiger partial charge in [-0.3, -0.25) is 4.99 Å². The number of carboxylic acids is 2. The highest BCUT2D eigenvalue weighted by atomic mass is 19.4. The Kier molecular flexibility index (Phi) is 5.96. The van der Waals surface area contributed by atoms with Crippen LogP contribution in [0.25, 0.3) is 0 Å². The van der Waals surface area contributed by atoms with Crippen molar-refractivity contribution in [3.8, 4) is 0 Å². The topological polar surface area (TPSA) is 99.0 Å². The van der Waals surface area contributed by atoms with E-state index in [0.29, 0.717) is 6.08 Å². The van der Waals surface area contributed by atoms with Gasteiger partial charge in [-0.15, -0.1) is 0 Å². The second-order valence-electron chi connectivity index (χ2n) is 5.22. The van der Waals surface area contributed by atoms with Crippen molar-refractivity contribution in [1.29, 1.82) is 0 Å². The SMILES string of the molecule is O=C(O)c1cccc(N=C/C=C(\Nc2cccc(C(=O)O)c2)C(F)(F)F)c1. The quantitative estimate of drug-likeness (QED) is 0.650. The first-order valence-electron chi connectivity index (χ1n) is 7.42. The van der Waals surface area contributed by atoms with Gasteiger partial charge in [0, 0.05) is 11.9 Å². The normalized spacial score (nSPS) is 12.2. The number of hydrogen-bond donors (Lipinski definition) is 3. The number of nitrogens with one attached hydrogen (secondary N) is 1. The summed E-state index contributed by atoms with van der Waals surface area (Å²) in [6.45, 7) is 0. The predicted molar refractivity (Wildman–Crippen MR) is 92.7 cm³/mol. The van der Waals surface area contributed by atoms with Gasteiger partial charge in [-0.05, 0) is 42.5 Å². The van der Waals surface area contributed by atoms with Gasteiger partial charge in [0.05, 0.1) is 16.8 Å². The molecule has 0 aliphatic heterocycles. The van der Waals surface area contributed by atoms with Crippen LogP contribution in [0.1, 0.15) is 20.7 Å². The summed E-state index contributed by atoms with van der Waals surface area (Å²) in [5.74, 6) is -2.45. The molecule has 0 atom stereocenters. The molecular formula is C18H13F3N2O4. The van der Waals surface area contributed by atoms with Crippen LogP contribution in [0.4, 0.5) is 24.5 Å². The van der Waals surface area contributed by atoms with Gasteiger partial charge in [-0.1, -0.05) is 12.1 Å². The van der Waals surface area contributed by atoms with Gasteiger partial charge in [0.15, 0.2) is 0 Å². The van der Waals surface area contributed by atoms with Crippen LogP contribution in [-0.2, 0) is 0 Å². The molecule has 9 heteroatoms. The van der Waals surface area contributed by atoms with E-state index in [1.165, 1.54) is 42.5 Å². The molecule has 2 aromatic carbocycles. The molecule has 3 N–H and O–H groups in total. The van der Waals surface area contributed by atoms with Crippen LogP contribution in [0.3, 0.4) is 0 Å². The molecule has 0 spiro atoms. The summed E-state index contributed by atoms with van der Waals surface area (Å²) < 4.78 is 39.5. The van der Waals surface area contributed by atoms with E-state index in [4.69, 9.17) is 10.2 Å². The van der Waals surface area contributed by atoms with Crippen LogP contribution in [0, 0.1) is 0 Å². The second kappa shape index (κ2) is 8.17. The highest BCUT2D eigenvalue weighted by Crippen LogP contribution is 2.27. The molecule has 0 aliphatic carbocycles. The summed E-state index contributed by atoms with van der Waals surface area (Å²) in [6.07, 6.45) is -3.20. The summed E-state index contributed by atoms with van der Waals surface area (Å²) in [4.78, 5) is 25.6. The first-order chi connectivity index (χ1) is 12.7. The molecule has 0 bridgehead atoms. The third-order valence-corrected chi connectivity index (χ3v) is 3.25. The van der Waals surface area contributed by atoms with Crippen LogP contribution in [0.5, 0.6) is 0 Å². The van der Waals surface area contributed by atoms with E-state index in [1.807, 2.05) is 0 Å². The van der Waals surface area contributed by atoms with E-state index in [-0.39, 0.29) is 22.5 Å². The minimum absolute atomic E-state index is 0.0479. The number of carboxylic acid groups (broad SMARTS) is 2. The lowest BCUT2D eigenvalue weighted by atomic mass is 10.2. The zero-order valence-corrected chi connectivity index (χ0v) is 13.6. The molecule has 2 aromatic rings. The van der Waals surface area contributed by atoms with Gasteiger partial charge in [0.25, 0.3) is 0 Å². The van der Waals surface area contributed by atoms with E-state index < -0.39 is 23.8 Å². The lowest BCUT2D eigenvalue weighted by molar-refractivity contribution is -0.0901. The minimum Gasteiger partial charge on any atom is -0.478 e. The standard InChI is InChI=1S/C18H13F3N2O4/c19-18(20,21)15(23-14-6-2-4-12(10-14)17(26)27)7-8-22-13-5-1-3-11(9-13)16(24)25/h1-10,23H,(H,24,25)(H,26,27)/b15-7-,22-8?. The Morgan fingerprint density at radius 1 is 0.963 bits per heavy atom. The van der Waals surface area contributed by atoms with Crippen molar-refractivity contribution >= 4 is 29.5 Å². The number of alkyl halides is 3. The fourth-order valence-corrected chi connectivity index (χ4v) is 2.01. The average Bonchev–Trinajstić information content (AvgIpc) is 2.60. The van der Waals surface area contributed by atoms with Crippen LogP contribution in [-0.4, -0.2) is 34.5 Å². The first-order valence-corrected chi connectivity index (χ1v) is 7.42. The molecule has 0 saturated carbocycles. The van der Waals surface area contributed by atoms with Gasteiger partial charge in [-0.25, -0.2) is 9.59 Å². The molecule has 0 aromatic heterocycles. The fraction of sp³-hybridized carbons (Fsp3) is 0.0556. The molecule has 0 heterocycles. The number of carbonyl (C=O) groups is 2. The summed E-state index contributed by atoms with van der Waals surface area (Å²) in [7, 11) is 0. The molecular weight excluding hydrogens is 365 g/mol. The summed E-state index contributed by atoms with van der Waals surface area (Å²) >= 11 is 0. The van der Waals surface area contributed by atoms with Gasteiger partial charge < -0.3 is 15.5 Å². The number of anilines is 1. The van der Waals surface area contributed by atoms with Crippen LogP contribution in [0.15, 0.2) is 65.3 Å². The van der Waals surface area contributed by atoms with Crippen molar-refractivity contribution in [2.75, 3.05) is 5.32 Å². The molecule has 0 radical (unpaired) electrons. The monoisotopic (exact) mass is 378 g/mol. The van der Waals surface area contributed by atoms with Crippen LogP contribution >= 0.6 is 0 Å². The summed E-state index contributed by atoms with van der Waals surface area (Å²) in [6, 6.07) is 10.3. The molecule has 0 unspecified atom stereocenters. The minimum atomic E-state index is -4.74. The lowest BCUT2D eigenvalue weighted by Gasteiger charge is -2.14. The molecule has 0 amide bonds. The predicted octanol–water partition coefficient (Wildman–Crippen LogP) is 4.34. The van der Waals surface area contributed by atoms with Crippen molar-refractivity contribution in [2.45, 2.75) is 6.18 Å². The highest BCUT2D eigenvalue weighted by molar-refractivity contribution is 5.89. The third-order valence-electron chi connectivity index (χ3n) is 3.25. The van der Waals surface area contributed by atoms with Crippen molar-refractivity contribution < 1.29 is 33.0 Å². The third kappa shape index (κ3) is 5.70. The Morgan fingerprint density at radius 3 is 2.15 bits per heavy atom. The Hall–Kier alpha value is -3.62. The molecule has 0 aliphatic rings. The smallest absolute Gasteiger partial charge is 0.431 e. The van der Waals surface area contributed by atoms with Crippen molar-refractivity contribution in [1.82, 2.24) is 0 Å². The number of allylic oxidation sites excluding steroid dienone is 2. The van der Waals surface area contributed by atoms with Crippen molar-refractivity contribution in [3.63, 3.8) is 0 Å². The Balaban J connectivity index is 2.26. The maximum Gasteiger partial charge on any atom is 0.431 e. The second-order valence-corrected chi connectivity index (χ2v) is 5.22. The van der Waals surface area contributed by atoms with Gasteiger partial charge >= 0.3 is 18.1 Å². The molecule has 0 saturated heterocycles. The van der Waals surface area contributed by atoms with E-state index in [0.717, 1.165) is 12.3 Å². The molecule has 6 nitrogen and oxygen atoms in total. The number of hydrogen-bond acceptors (Lipinski definition) is 4. The fourth-order valence-electron chi connectivity index (χ4n) is 2.01. The van der Waals surface area contributed by atoms with Gasteiger partial charge in [0.1, 0.15) is 5.70 Å². The van der Waals surface area contributed by atoms with Gasteiger partial charge in [-0.2, -0.15) is 13.2 Å². The first kappa shape index (κ1) is 19.7. The highest BCUT2D eigenvalue weighted by Gasteiger charge is 2.33. The van der Waals surface area contributed by atoms with E-state index in [9.17, 15) is 22.8 Å². The van der Waals surface area contributed by atoms with Crippen LogP contribution in [0.2, 0.25) is 0 Å². The van der Waals surface area contributed by atoms with E-state index in [2.05, 4.69) is 10.3 Å². The maximum absolute atomic E-state index is 13.2. The zero-order valence-electron chi connectivity index (χ0n) is 13.6. The number of halogens is 3. The number of nitrogens with zero attached hydrogens (tertiary/aromatic N) is 1. The number of aliphatic imine (C=N–C) groups is 1. The van der Waals surface area contributed by atoms with E-state index in [1.54, 1.807) is 0 Å². The number of aromatic carboxylic acids is 2. The number of rotatable bonds is 6. The largest absolute Gasteiger partial charge is 0.478 e. The van der Waals surface area contributed by atoms with Crippen molar-refractivity contribution in [3.05, 3.63) is 71.4 Å². The molecule has 140 valence electrons. The Labute approximate surface area is 151 Å². The van der Waals surface area contributed by atoms with E-state index >= 15 is 0 Å². The molecule has 2 rings (SSSR count). The lowest BCUT2D eigenvalue weighted by Crippen LogP contribution is -2.19. The molecule has 0 fully saturated rings. The van der Waals surface area contributed by atoms with Crippen molar-refractivity contribution in [2.24, 2.45) is 4.99 Å².